The van der Waals surface area contributed by atoms with Crippen LogP contribution in [0.1, 0.15) is 28.6 Å². The number of anilines is 1. The van der Waals surface area contributed by atoms with Gasteiger partial charge in [0.05, 0.1) is 22.9 Å². The number of benzene rings is 1. The zero-order chi connectivity index (χ0) is 14.1. The summed E-state index contributed by atoms with van der Waals surface area (Å²) in [6.45, 7) is 0.808. The van der Waals surface area contributed by atoms with Gasteiger partial charge in [-0.25, -0.2) is 9.67 Å². The maximum atomic E-state index is 4.52. The summed E-state index contributed by atoms with van der Waals surface area (Å²) in [6.07, 6.45) is 8.37. The van der Waals surface area contributed by atoms with E-state index in [1.807, 2.05) is 46.6 Å². The van der Waals surface area contributed by atoms with Crippen LogP contribution in [0.3, 0.4) is 0 Å². The van der Waals surface area contributed by atoms with E-state index >= 15 is 0 Å². The molecule has 1 aliphatic carbocycles. The van der Waals surface area contributed by atoms with Crippen molar-refractivity contribution in [3.63, 3.8) is 0 Å². The molecule has 0 aliphatic heterocycles. The highest BCUT2D eigenvalue weighted by Gasteiger charge is 2.26. The fourth-order valence-corrected chi connectivity index (χ4v) is 3.37. The number of rotatable bonds is 5. The van der Waals surface area contributed by atoms with Crippen LogP contribution in [0.2, 0.25) is 0 Å². The summed E-state index contributed by atoms with van der Waals surface area (Å²) in [7, 11) is 0. The summed E-state index contributed by atoms with van der Waals surface area (Å²) < 4.78 is 1.88. The van der Waals surface area contributed by atoms with Crippen LogP contribution in [0, 0.1) is 0 Å². The summed E-state index contributed by atoms with van der Waals surface area (Å²) in [5.41, 5.74) is 2.15. The van der Waals surface area contributed by atoms with Gasteiger partial charge in [0.15, 0.2) is 0 Å². The normalized spacial score (nSPS) is 14.3. The third-order valence-electron chi connectivity index (χ3n) is 3.61. The van der Waals surface area contributed by atoms with E-state index in [2.05, 4.69) is 27.5 Å². The van der Waals surface area contributed by atoms with Gasteiger partial charge in [0.25, 0.3) is 0 Å². The molecule has 3 aromatic rings. The first-order chi connectivity index (χ1) is 10.4. The Labute approximate surface area is 127 Å². The van der Waals surface area contributed by atoms with E-state index in [9.17, 15) is 0 Å². The molecule has 2 aromatic heterocycles. The van der Waals surface area contributed by atoms with Crippen LogP contribution >= 0.6 is 11.3 Å². The van der Waals surface area contributed by atoms with Gasteiger partial charge in [-0.15, -0.1) is 11.3 Å². The van der Waals surface area contributed by atoms with Gasteiger partial charge >= 0.3 is 0 Å². The van der Waals surface area contributed by atoms with E-state index in [0.717, 1.165) is 23.8 Å². The lowest BCUT2D eigenvalue weighted by Gasteiger charge is -2.11. The Balaban J connectivity index is 1.51. The maximum absolute atomic E-state index is 4.52. The van der Waals surface area contributed by atoms with Crippen LogP contribution in [0.25, 0.3) is 5.69 Å². The van der Waals surface area contributed by atoms with E-state index < -0.39 is 0 Å². The highest BCUT2D eigenvalue weighted by atomic mass is 32.1. The second kappa shape index (κ2) is 5.33. The molecule has 0 bridgehead atoms. The average Bonchev–Trinajstić information content (AvgIpc) is 3.04. The third-order valence-corrected chi connectivity index (χ3v) is 4.77. The Morgan fingerprint density at radius 1 is 1.24 bits per heavy atom. The second-order valence-corrected chi connectivity index (χ2v) is 6.41. The molecule has 106 valence electrons. The van der Waals surface area contributed by atoms with Crippen LogP contribution in [-0.4, -0.2) is 14.8 Å². The molecule has 2 heterocycles. The van der Waals surface area contributed by atoms with Crippen molar-refractivity contribution < 1.29 is 0 Å². The van der Waals surface area contributed by atoms with E-state index in [1.165, 1.54) is 22.7 Å². The van der Waals surface area contributed by atoms with E-state index in [1.54, 1.807) is 6.20 Å². The van der Waals surface area contributed by atoms with Crippen LogP contribution in [-0.2, 0) is 6.54 Å². The van der Waals surface area contributed by atoms with Gasteiger partial charge in [-0.1, -0.05) is 12.1 Å². The van der Waals surface area contributed by atoms with Crippen molar-refractivity contribution in [2.45, 2.75) is 25.3 Å². The fourth-order valence-electron chi connectivity index (χ4n) is 2.34. The Hall–Kier alpha value is -2.14. The predicted molar refractivity (Wildman–Crippen MR) is 85.0 cm³/mol. The highest BCUT2D eigenvalue weighted by molar-refractivity contribution is 7.11. The quantitative estimate of drug-likeness (QED) is 0.778. The molecule has 0 unspecified atom stereocenters. The Morgan fingerprint density at radius 3 is 2.95 bits per heavy atom. The number of aromatic nitrogens is 3. The first-order valence-electron chi connectivity index (χ1n) is 7.18. The third kappa shape index (κ3) is 2.69. The molecule has 0 atom stereocenters. The Bertz CT molecular complexity index is 728. The van der Waals surface area contributed by atoms with Gasteiger partial charge in [-0.3, -0.25) is 0 Å². The largest absolute Gasteiger partial charge is 0.378 e. The monoisotopic (exact) mass is 296 g/mol. The molecule has 21 heavy (non-hydrogen) atoms. The Kier molecular flexibility index (Phi) is 3.20. The average molecular weight is 296 g/mol. The number of nitrogens with one attached hydrogen (secondary N) is 1. The standard InChI is InChI=1S/C16H16N4S/c1-2-5-15(20-9-3-8-19-20)14(4-1)17-10-13-11-18-16(21-13)12-6-7-12/h1-5,8-9,11-12,17H,6-7,10H2. The molecule has 1 aromatic carbocycles. The smallest absolute Gasteiger partial charge is 0.0959 e. The summed E-state index contributed by atoms with van der Waals surface area (Å²) in [6, 6.07) is 10.1. The topological polar surface area (TPSA) is 42.7 Å². The fraction of sp³-hybridized carbons (Fsp3) is 0.250. The molecule has 0 amide bonds. The molecule has 1 aliphatic rings. The summed E-state index contributed by atoms with van der Waals surface area (Å²) in [5, 5.41) is 9.10. The van der Waals surface area contributed by atoms with Crippen LogP contribution in [0.5, 0.6) is 0 Å². The molecular formula is C16H16N4S. The molecule has 4 nitrogen and oxygen atoms in total. The minimum absolute atomic E-state index is 0.736. The maximum Gasteiger partial charge on any atom is 0.0959 e. The molecule has 0 spiro atoms. The van der Waals surface area contributed by atoms with Crippen molar-refractivity contribution >= 4 is 17.0 Å². The molecule has 1 saturated carbocycles. The lowest BCUT2D eigenvalue weighted by molar-refractivity contribution is 0.879. The van der Waals surface area contributed by atoms with Gasteiger partial charge in [0.1, 0.15) is 0 Å². The number of hydrogen-bond acceptors (Lipinski definition) is 4. The van der Waals surface area contributed by atoms with Crippen molar-refractivity contribution in [1.29, 1.82) is 0 Å². The second-order valence-electron chi connectivity index (χ2n) is 5.26. The first-order valence-corrected chi connectivity index (χ1v) is 7.99. The van der Waals surface area contributed by atoms with Crippen molar-refractivity contribution in [1.82, 2.24) is 14.8 Å². The molecule has 1 fully saturated rings. The molecule has 0 radical (unpaired) electrons. The van der Waals surface area contributed by atoms with E-state index in [4.69, 9.17) is 0 Å². The number of hydrogen-bond donors (Lipinski definition) is 1. The number of para-hydroxylation sites is 2. The van der Waals surface area contributed by atoms with Crippen LogP contribution in [0.15, 0.2) is 48.9 Å². The van der Waals surface area contributed by atoms with Crippen LogP contribution < -0.4 is 5.32 Å². The lowest BCUT2D eigenvalue weighted by Crippen LogP contribution is -2.03. The van der Waals surface area contributed by atoms with Crippen molar-refractivity contribution in [3.8, 4) is 5.69 Å². The molecule has 5 heteroatoms. The predicted octanol–water partition coefficient (Wildman–Crippen LogP) is 3.82. The zero-order valence-electron chi connectivity index (χ0n) is 11.6. The SMILES string of the molecule is c1ccc(-n2cccn2)c(NCc2cnc(C3CC3)s2)c1. The van der Waals surface area contributed by atoms with Crippen molar-refractivity contribution in [3.05, 3.63) is 58.8 Å². The first kappa shape index (κ1) is 12.6. The molecule has 1 N–H and O–H groups in total. The molecule has 0 saturated heterocycles. The molecular weight excluding hydrogens is 280 g/mol. The summed E-state index contributed by atoms with van der Waals surface area (Å²) >= 11 is 1.83. The van der Waals surface area contributed by atoms with Gasteiger partial charge in [-0.2, -0.15) is 5.10 Å². The van der Waals surface area contributed by atoms with Gasteiger partial charge in [-0.05, 0) is 31.0 Å². The van der Waals surface area contributed by atoms with Gasteiger partial charge < -0.3 is 5.32 Å². The lowest BCUT2D eigenvalue weighted by atomic mass is 10.2. The summed E-state index contributed by atoms with van der Waals surface area (Å²) in [4.78, 5) is 5.81. The van der Waals surface area contributed by atoms with Gasteiger partial charge in [0.2, 0.25) is 0 Å². The van der Waals surface area contributed by atoms with Gasteiger partial charge in [0, 0.05) is 29.4 Å². The van der Waals surface area contributed by atoms with E-state index in [0.29, 0.717) is 0 Å². The van der Waals surface area contributed by atoms with Crippen molar-refractivity contribution in [2.24, 2.45) is 0 Å². The number of nitrogens with zero attached hydrogens (tertiary/aromatic N) is 3. The summed E-state index contributed by atoms with van der Waals surface area (Å²) in [5.74, 6) is 0.736. The van der Waals surface area contributed by atoms with E-state index in [-0.39, 0.29) is 0 Å². The highest BCUT2D eigenvalue weighted by Crippen LogP contribution is 2.41. The zero-order valence-corrected chi connectivity index (χ0v) is 12.4. The van der Waals surface area contributed by atoms with Crippen molar-refractivity contribution in [2.75, 3.05) is 5.32 Å². The Morgan fingerprint density at radius 2 is 2.14 bits per heavy atom. The number of thiazole rings is 1. The van der Waals surface area contributed by atoms with Crippen LogP contribution in [0.4, 0.5) is 5.69 Å². The molecule has 4 rings (SSSR count). The minimum atomic E-state index is 0.736. The minimum Gasteiger partial charge on any atom is -0.378 e.